The number of nitrogens with one attached hydrogen (secondary N) is 1. The van der Waals surface area contributed by atoms with Gasteiger partial charge in [-0.1, -0.05) is 60.7 Å². The van der Waals surface area contributed by atoms with E-state index in [0.29, 0.717) is 32.5 Å². The van der Waals surface area contributed by atoms with Crippen LogP contribution in [0.4, 0.5) is 0 Å². The van der Waals surface area contributed by atoms with Gasteiger partial charge in [0.15, 0.2) is 0 Å². The van der Waals surface area contributed by atoms with Gasteiger partial charge in [-0.25, -0.2) is 0 Å². The number of carbonyl (C=O) groups excluding carboxylic acids is 2. The highest BCUT2D eigenvalue weighted by Gasteiger charge is 2.40. The molecular formula is C21H25N3O2. The minimum Gasteiger partial charge on any atom is -0.355 e. The van der Waals surface area contributed by atoms with Gasteiger partial charge in [0.25, 0.3) is 0 Å². The van der Waals surface area contributed by atoms with Crippen LogP contribution < -0.4 is 11.1 Å². The van der Waals surface area contributed by atoms with Crippen molar-refractivity contribution in [1.82, 2.24) is 10.2 Å². The molecule has 5 heteroatoms. The number of nitrogens with zero attached hydrogens (tertiary/aromatic N) is 1. The molecule has 1 heterocycles. The minimum absolute atomic E-state index is 0.0325. The molecule has 2 aromatic rings. The van der Waals surface area contributed by atoms with Crippen LogP contribution in [-0.4, -0.2) is 29.8 Å². The first-order chi connectivity index (χ1) is 12.7. The van der Waals surface area contributed by atoms with E-state index in [1.165, 1.54) is 0 Å². The Morgan fingerprint density at radius 1 is 1.08 bits per heavy atom. The van der Waals surface area contributed by atoms with Crippen molar-refractivity contribution < 1.29 is 9.59 Å². The molecule has 2 atom stereocenters. The number of carbonyl (C=O) groups is 2. The van der Waals surface area contributed by atoms with E-state index in [-0.39, 0.29) is 23.8 Å². The van der Waals surface area contributed by atoms with Gasteiger partial charge in [-0.3, -0.25) is 9.59 Å². The number of piperidine rings is 1. The van der Waals surface area contributed by atoms with Crippen LogP contribution >= 0.6 is 0 Å². The number of benzene rings is 2. The third-order valence-electron chi connectivity index (χ3n) is 4.82. The molecule has 0 aromatic heterocycles. The lowest BCUT2D eigenvalue weighted by Crippen LogP contribution is -2.48. The second-order valence-corrected chi connectivity index (χ2v) is 6.59. The lowest BCUT2D eigenvalue weighted by Gasteiger charge is -2.41. The number of likely N-dealkylation sites (tertiary alicyclic amines) is 1. The summed E-state index contributed by atoms with van der Waals surface area (Å²) in [5, 5.41) is 2.90. The van der Waals surface area contributed by atoms with Gasteiger partial charge in [-0.2, -0.15) is 0 Å². The number of hydrogen-bond acceptors (Lipinski definition) is 3. The van der Waals surface area contributed by atoms with E-state index in [4.69, 9.17) is 5.73 Å². The van der Waals surface area contributed by atoms with Crippen LogP contribution in [0, 0.1) is 5.92 Å². The molecule has 0 saturated carbocycles. The van der Waals surface area contributed by atoms with Crippen LogP contribution in [0.2, 0.25) is 0 Å². The molecule has 2 amide bonds. The molecule has 3 rings (SSSR count). The average Bonchev–Trinajstić information content (AvgIpc) is 2.69. The van der Waals surface area contributed by atoms with Crippen molar-refractivity contribution in [2.24, 2.45) is 11.7 Å². The molecule has 136 valence electrons. The van der Waals surface area contributed by atoms with Gasteiger partial charge >= 0.3 is 0 Å². The van der Waals surface area contributed by atoms with Gasteiger partial charge in [-0.15, -0.1) is 0 Å². The first-order valence-electron chi connectivity index (χ1n) is 9.07. The molecule has 3 N–H and O–H groups in total. The monoisotopic (exact) mass is 351 g/mol. The minimum atomic E-state index is -0.273. The molecule has 2 unspecified atom stereocenters. The fourth-order valence-electron chi connectivity index (χ4n) is 3.58. The van der Waals surface area contributed by atoms with Crippen molar-refractivity contribution in [3.63, 3.8) is 0 Å². The normalized spacial score (nSPS) is 20.0. The van der Waals surface area contributed by atoms with Gasteiger partial charge < -0.3 is 16.0 Å². The van der Waals surface area contributed by atoms with E-state index >= 15 is 0 Å². The third-order valence-corrected chi connectivity index (χ3v) is 4.82. The van der Waals surface area contributed by atoms with E-state index in [2.05, 4.69) is 5.32 Å². The lowest BCUT2D eigenvalue weighted by atomic mass is 9.83. The molecule has 1 aliphatic heterocycles. The Bertz CT molecular complexity index is 733. The largest absolute Gasteiger partial charge is 0.355 e. The van der Waals surface area contributed by atoms with Gasteiger partial charge in [0.1, 0.15) is 0 Å². The maximum absolute atomic E-state index is 12.7. The molecule has 0 spiro atoms. The van der Waals surface area contributed by atoms with Crippen molar-refractivity contribution in [3.05, 3.63) is 71.8 Å². The fraction of sp³-hybridized carbons (Fsp3) is 0.333. The third kappa shape index (κ3) is 4.11. The SMILES string of the molecule is NCCNC(=O)C1CCC(=O)N(Cc2ccccc2)C1c1ccccc1. The summed E-state index contributed by atoms with van der Waals surface area (Å²) in [6, 6.07) is 19.5. The summed E-state index contributed by atoms with van der Waals surface area (Å²) in [7, 11) is 0. The Kier molecular flexibility index (Phi) is 6.02. The van der Waals surface area contributed by atoms with Crippen molar-refractivity contribution in [1.29, 1.82) is 0 Å². The van der Waals surface area contributed by atoms with Crippen molar-refractivity contribution in [2.75, 3.05) is 13.1 Å². The predicted molar refractivity (Wildman–Crippen MR) is 101 cm³/mol. The summed E-state index contributed by atoms with van der Waals surface area (Å²) in [5.41, 5.74) is 7.57. The number of rotatable bonds is 6. The molecule has 0 aliphatic carbocycles. The van der Waals surface area contributed by atoms with Crippen molar-refractivity contribution in [2.45, 2.75) is 25.4 Å². The zero-order chi connectivity index (χ0) is 18.4. The molecular weight excluding hydrogens is 326 g/mol. The van der Waals surface area contributed by atoms with E-state index in [1.54, 1.807) is 0 Å². The maximum Gasteiger partial charge on any atom is 0.225 e. The summed E-state index contributed by atoms with van der Waals surface area (Å²) >= 11 is 0. The molecule has 26 heavy (non-hydrogen) atoms. The Balaban J connectivity index is 1.93. The molecule has 0 bridgehead atoms. The second kappa shape index (κ2) is 8.63. The highest BCUT2D eigenvalue weighted by Crippen LogP contribution is 2.37. The Hall–Kier alpha value is -2.66. The standard InChI is InChI=1S/C21H25N3O2/c22-13-14-23-21(26)18-11-12-19(25)24(15-16-7-3-1-4-8-16)20(18)17-9-5-2-6-10-17/h1-10,18,20H,11-15,22H2,(H,23,26). The van der Waals surface area contributed by atoms with E-state index in [0.717, 1.165) is 11.1 Å². The molecule has 1 fully saturated rings. The molecule has 2 aromatic carbocycles. The van der Waals surface area contributed by atoms with Crippen molar-refractivity contribution >= 4 is 11.8 Å². The summed E-state index contributed by atoms with van der Waals surface area (Å²) < 4.78 is 0. The lowest BCUT2D eigenvalue weighted by molar-refractivity contribution is -0.144. The van der Waals surface area contributed by atoms with Crippen LogP contribution in [0.1, 0.15) is 30.0 Å². The second-order valence-electron chi connectivity index (χ2n) is 6.59. The van der Waals surface area contributed by atoms with E-state index in [1.807, 2.05) is 65.6 Å². The van der Waals surface area contributed by atoms with Gasteiger partial charge in [0, 0.05) is 26.1 Å². The zero-order valence-electron chi connectivity index (χ0n) is 14.8. The molecule has 1 saturated heterocycles. The van der Waals surface area contributed by atoms with Gasteiger partial charge in [0.2, 0.25) is 11.8 Å². The first-order valence-corrected chi connectivity index (χ1v) is 9.07. The summed E-state index contributed by atoms with van der Waals surface area (Å²) in [6.45, 7) is 1.35. The van der Waals surface area contributed by atoms with E-state index < -0.39 is 0 Å². The number of nitrogens with two attached hydrogens (primary N) is 1. The summed E-state index contributed by atoms with van der Waals surface area (Å²) in [5.74, 6) is -0.217. The predicted octanol–water partition coefficient (Wildman–Crippen LogP) is 2.24. The van der Waals surface area contributed by atoms with Crippen LogP contribution in [0.15, 0.2) is 60.7 Å². The quantitative estimate of drug-likeness (QED) is 0.838. The van der Waals surface area contributed by atoms with Crippen LogP contribution in [-0.2, 0) is 16.1 Å². The molecule has 5 nitrogen and oxygen atoms in total. The molecule has 1 aliphatic rings. The summed E-state index contributed by atoms with van der Waals surface area (Å²) in [6.07, 6.45) is 0.941. The smallest absolute Gasteiger partial charge is 0.225 e. The van der Waals surface area contributed by atoms with Crippen molar-refractivity contribution in [3.8, 4) is 0 Å². The van der Waals surface area contributed by atoms with Crippen LogP contribution in [0.25, 0.3) is 0 Å². The van der Waals surface area contributed by atoms with Crippen LogP contribution in [0.5, 0.6) is 0 Å². The highest BCUT2D eigenvalue weighted by molar-refractivity contribution is 5.85. The Morgan fingerprint density at radius 3 is 2.38 bits per heavy atom. The van der Waals surface area contributed by atoms with Gasteiger partial charge in [0.05, 0.1) is 12.0 Å². The maximum atomic E-state index is 12.7. The summed E-state index contributed by atoms with van der Waals surface area (Å²) in [4.78, 5) is 27.3. The first kappa shape index (κ1) is 18.1. The topological polar surface area (TPSA) is 75.4 Å². The number of hydrogen-bond donors (Lipinski definition) is 2. The average molecular weight is 351 g/mol. The molecule has 0 radical (unpaired) electrons. The van der Waals surface area contributed by atoms with E-state index in [9.17, 15) is 9.59 Å². The number of amides is 2. The Labute approximate surface area is 154 Å². The van der Waals surface area contributed by atoms with Gasteiger partial charge in [-0.05, 0) is 17.5 Å². The Morgan fingerprint density at radius 2 is 1.73 bits per heavy atom. The zero-order valence-corrected chi connectivity index (χ0v) is 14.8. The fourth-order valence-corrected chi connectivity index (χ4v) is 3.58. The highest BCUT2D eigenvalue weighted by atomic mass is 16.2. The van der Waals surface area contributed by atoms with Crippen LogP contribution in [0.3, 0.4) is 0 Å².